The summed E-state index contributed by atoms with van der Waals surface area (Å²) in [5, 5.41) is 0. The molecule has 0 spiro atoms. The summed E-state index contributed by atoms with van der Waals surface area (Å²) in [6.07, 6.45) is 1.91. The van der Waals surface area contributed by atoms with Crippen LogP contribution in [0.2, 0.25) is 0 Å². The number of hydrogen-bond acceptors (Lipinski definition) is 3. The highest BCUT2D eigenvalue weighted by Gasteiger charge is 2.13. The van der Waals surface area contributed by atoms with Gasteiger partial charge in [-0.3, -0.25) is 0 Å². The zero-order valence-electron chi connectivity index (χ0n) is 14.2. The van der Waals surface area contributed by atoms with Crippen molar-refractivity contribution in [1.29, 1.82) is 0 Å². The third kappa shape index (κ3) is 3.63. The van der Waals surface area contributed by atoms with Crippen LogP contribution >= 0.6 is 0 Å². The van der Waals surface area contributed by atoms with Crippen LogP contribution < -0.4 is 10.6 Å². The van der Waals surface area contributed by atoms with E-state index < -0.39 is 0 Å². The summed E-state index contributed by atoms with van der Waals surface area (Å²) in [5.41, 5.74) is 11.0. The Morgan fingerprint density at radius 3 is 2.25 bits per heavy atom. The molecule has 0 fully saturated rings. The summed E-state index contributed by atoms with van der Waals surface area (Å²) in [6, 6.07) is 22.5. The fraction of sp³-hybridized carbons (Fsp3) is 0.190. The van der Waals surface area contributed by atoms with E-state index in [9.17, 15) is 0 Å². The molecule has 0 radical (unpaired) electrons. The van der Waals surface area contributed by atoms with Crippen LogP contribution in [0.3, 0.4) is 0 Å². The van der Waals surface area contributed by atoms with Gasteiger partial charge in [0.25, 0.3) is 0 Å². The highest BCUT2D eigenvalue weighted by atomic mass is 15.2. The van der Waals surface area contributed by atoms with E-state index in [2.05, 4.69) is 66.3 Å². The average molecular weight is 317 g/mol. The van der Waals surface area contributed by atoms with Crippen molar-refractivity contribution in [3.05, 3.63) is 95.2 Å². The maximum absolute atomic E-state index is 6.41. The molecule has 0 amide bonds. The lowest BCUT2D eigenvalue weighted by atomic mass is 9.97. The molecule has 0 saturated heterocycles. The summed E-state index contributed by atoms with van der Waals surface area (Å²) < 4.78 is 0. The van der Waals surface area contributed by atoms with Crippen molar-refractivity contribution in [2.24, 2.45) is 5.73 Å². The van der Waals surface area contributed by atoms with E-state index in [1.165, 1.54) is 5.56 Å². The molecule has 0 aliphatic heterocycles. The van der Waals surface area contributed by atoms with Crippen molar-refractivity contribution < 1.29 is 0 Å². The van der Waals surface area contributed by atoms with Crippen molar-refractivity contribution in [3.8, 4) is 0 Å². The predicted octanol–water partition coefficient (Wildman–Crippen LogP) is 4.07. The van der Waals surface area contributed by atoms with Crippen molar-refractivity contribution in [2.45, 2.75) is 19.5 Å². The number of pyridine rings is 1. The second-order valence-electron chi connectivity index (χ2n) is 6.13. The Labute approximate surface area is 143 Å². The molecule has 122 valence electrons. The van der Waals surface area contributed by atoms with Gasteiger partial charge in [0, 0.05) is 19.8 Å². The first-order chi connectivity index (χ1) is 11.6. The van der Waals surface area contributed by atoms with Gasteiger partial charge in [-0.25, -0.2) is 4.98 Å². The number of aryl methyl sites for hydroxylation is 1. The summed E-state index contributed by atoms with van der Waals surface area (Å²) in [4.78, 5) is 6.78. The van der Waals surface area contributed by atoms with E-state index in [1.54, 1.807) is 0 Å². The van der Waals surface area contributed by atoms with E-state index >= 15 is 0 Å². The third-order valence-corrected chi connectivity index (χ3v) is 4.28. The minimum atomic E-state index is -0.146. The van der Waals surface area contributed by atoms with Crippen molar-refractivity contribution in [2.75, 3.05) is 11.9 Å². The third-order valence-electron chi connectivity index (χ3n) is 4.28. The number of hydrogen-bond donors (Lipinski definition) is 1. The topological polar surface area (TPSA) is 42.2 Å². The Kier molecular flexibility index (Phi) is 4.92. The number of anilines is 1. The quantitative estimate of drug-likeness (QED) is 0.771. The van der Waals surface area contributed by atoms with Gasteiger partial charge in [-0.1, -0.05) is 60.7 Å². The molecule has 1 atom stereocenters. The number of nitrogens with zero attached hydrogens (tertiary/aromatic N) is 2. The molecule has 0 bridgehead atoms. The molecule has 3 nitrogen and oxygen atoms in total. The lowest BCUT2D eigenvalue weighted by Gasteiger charge is -2.21. The van der Waals surface area contributed by atoms with Gasteiger partial charge in [0.2, 0.25) is 0 Å². The molecular weight excluding hydrogens is 294 g/mol. The summed E-state index contributed by atoms with van der Waals surface area (Å²) in [7, 11) is 2.06. The zero-order chi connectivity index (χ0) is 16.9. The molecule has 3 aromatic rings. The lowest BCUT2D eigenvalue weighted by molar-refractivity contribution is 0.841. The minimum Gasteiger partial charge on any atom is -0.355 e. The predicted molar refractivity (Wildman–Crippen MR) is 100.0 cm³/mol. The number of rotatable bonds is 5. The van der Waals surface area contributed by atoms with Gasteiger partial charge in [0.1, 0.15) is 5.82 Å². The fourth-order valence-corrected chi connectivity index (χ4v) is 2.86. The van der Waals surface area contributed by atoms with E-state index in [0.717, 1.165) is 29.1 Å². The first-order valence-corrected chi connectivity index (χ1v) is 8.17. The Hall–Kier alpha value is -2.65. The monoisotopic (exact) mass is 317 g/mol. The van der Waals surface area contributed by atoms with Gasteiger partial charge in [-0.05, 0) is 35.2 Å². The van der Waals surface area contributed by atoms with Crippen LogP contribution in [0.15, 0.2) is 72.9 Å². The van der Waals surface area contributed by atoms with Crippen LogP contribution in [0.5, 0.6) is 0 Å². The summed E-state index contributed by atoms with van der Waals surface area (Å²) in [6.45, 7) is 2.93. The van der Waals surface area contributed by atoms with Gasteiger partial charge < -0.3 is 10.6 Å². The van der Waals surface area contributed by atoms with Crippen LogP contribution in [-0.4, -0.2) is 12.0 Å². The smallest absolute Gasteiger partial charge is 0.128 e. The maximum atomic E-state index is 6.41. The zero-order valence-corrected chi connectivity index (χ0v) is 14.2. The second kappa shape index (κ2) is 7.28. The van der Waals surface area contributed by atoms with Crippen LogP contribution in [0.4, 0.5) is 5.82 Å². The normalized spacial score (nSPS) is 12.0. The minimum absolute atomic E-state index is 0.146. The fourth-order valence-electron chi connectivity index (χ4n) is 2.86. The molecule has 2 aromatic carbocycles. The maximum Gasteiger partial charge on any atom is 0.128 e. The molecule has 0 unspecified atom stereocenters. The van der Waals surface area contributed by atoms with Gasteiger partial charge in [-0.15, -0.1) is 0 Å². The van der Waals surface area contributed by atoms with Crippen molar-refractivity contribution in [1.82, 2.24) is 4.98 Å². The molecule has 24 heavy (non-hydrogen) atoms. The molecular formula is C21H23N3. The Morgan fingerprint density at radius 2 is 1.62 bits per heavy atom. The Balaban J connectivity index is 1.79. The largest absolute Gasteiger partial charge is 0.355 e. The highest BCUT2D eigenvalue weighted by Crippen LogP contribution is 2.24. The number of benzene rings is 2. The molecule has 1 aromatic heterocycles. The molecule has 0 aliphatic carbocycles. The van der Waals surface area contributed by atoms with Gasteiger partial charge in [0.05, 0.1) is 6.04 Å². The SMILES string of the molecule is Cc1cc(N(C)Cc2ccccc2)ncc1[C@H](N)c1ccccc1. The Morgan fingerprint density at radius 1 is 1.00 bits per heavy atom. The van der Waals surface area contributed by atoms with E-state index in [-0.39, 0.29) is 6.04 Å². The van der Waals surface area contributed by atoms with Crippen LogP contribution in [0.1, 0.15) is 28.3 Å². The van der Waals surface area contributed by atoms with Crippen molar-refractivity contribution in [3.63, 3.8) is 0 Å². The van der Waals surface area contributed by atoms with E-state index in [0.29, 0.717) is 0 Å². The van der Waals surface area contributed by atoms with Crippen LogP contribution in [0.25, 0.3) is 0 Å². The Bertz CT molecular complexity index is 785. The van der Waals surface area contributed by atoms with Gasteiger partial charge in [-0.2, -0.15) is 0 Å². The molecule has 2 N–H and O–H groups in total. The van der Waals surface area contributed by atoms with Crippen LogP contribution in [0, 0.1) is 6.92 Å². The van der Waals surface area contributed by atoms with E-state index in [1.807, 2.05) is 30.5 Å². The number of aromatic nitrogens is 1. The first kappa shape index (κ1) is 16.2. The molecule has 1 heterocycles. The molecule has 3 heteroatoms. The number of nitrogens with two attached hydrogens (primary N) is 1. The standard InChI is InChI=1S/C21H23N3/c1-16-13-20(24(2)15-17-9-5-3-6-10-17)23-14-19(16)21(22)18-11-7-4-8-12-18/h3-14,21H,15,22H2,1-2H3/t21-/m1/s1. The molecule has 3 rings (SSSR count). The summed E-state index contributed by atoms with van der Waals surface area (Å²) in [5.74, 6) is 0.959. The van der Waals surface area contributed by atoms with E-state index in [4.69, 9.17) is 5.73 Å². The van der Waals surface area contributed by atoms with Gasteiger partial charge in [0.15, 0.2) is 0 Å². The summed E-state index contributed by atoms with van der Waals surface area (Å²) >= 11 is 0. The van der Waals surface area contributed by atoms with Crippen LogP contribution in [-0.2, 0) is 6.54 Å². The molecule has 0 aliphatic rings. The average Bonchev–Trinajstić information content (AvgIpc) is 2.62. The highest BCUT2D eigenvalue weighted by molar-refractivity contribution is 5.46. The lowest BCUT2D eigenvalue weighted by Crippen LogP contribution is -2.19. The van der Waals surface area contributed by atoms with Gasteiger partial charge >= 0.3 is 0 Å². The second-order valence-corrected chi connectivity index (χ2v) is 6.13. The first-order valence-electron chi connectivity index (χ1n) is 8.17. The molecule has 0 saturated carbocycles. The van der Waals surface area contributed by atoms with Crippen molar-refractivity contribution >= 4 is 5.82 Å².